The van der Waals surface area contributed by atoms with Gasteiger partial charge in [-0.25, -0.2) is 9.97 Å². The number of fused-ring (bicyclic) bond motifs is 8. The Balaban J connectivity index is 1.42. The average molecular weight is 858 g/mol. The van der Waals surface area contributed by atoms with Gasteiger partial charge in [0.1, 0.15) is 0 Å². The molecular formula is C44H38B4N4O12-4. The Morgan fingerprint density at radius 2 is 0.453 bits per heavy atom. The van der Waals surface area contributed by atoms with Gasteiger partial charge in [-0.2, -0.15) is 0 Å². The molecule has 0 spiro atoms. The topological polar surface area (TPSA) is 300 Å². The van der Waals surface area contributed by atoms with Gasteiger partial charge >= 0.3 is 27.0 Å². The smallest absolute Gasteiger partial charge is 0.402 e. The third-order valence-corrected chi connectivity index (χ3v) is 11.3. The second kappa shape index (κ2) is 15.5. The van der Waals surface area contributed by atoms with E-state index < -0.39 is 27.0 Å². The fraction of sp³-hybridized carbons (Fsp3) is 0. The fourth-order valence-electron chi connectivity index (χ4n) is 8.05. The zero-order chi connectivity index (χ0) is 45.3. The third kappa shape index (κ3) is 8.15. The average Bonchev–Trinajstić information content (AvgIpc) is 4.08. The number of aromatic nitrogens is 4. The number of nitrogens with one attached hydrogen (secondary N) is 2. The lowest BCUT2D eigenvalue weighted by atomic mass is 9.71. The molecule has 14 N–H and O–H groups in total. The van der Waals surface area contributed by atoms with Crippen LogP contribution in [0.1, 0.15) is 22.8 Å². The van der Waals surface area contributed by atoms with Crippen molar-refractivity contribution < 1.29 is 60.3 Å². The van der Waals surface area contributed by atoms with Crippen LogP contribution in [0.25, 0.3) is 90.9 Å². The first-order valence-electron chi connectivity index (χ1n) is 20.1. The van der Waals surface area contributed by atoms with Crippen LogP contribution in [0.15, 0.2) is 121 Å². The van der Waals surface area contributed by atoms with Crippen molar-refractivity contribution in [3.63, 3.8) is 0 Å². The summed E-state index contributed by atoms with van der Waals surface area (Å²) in [6, 6.07) is 31.2. The van der Waals surface area contributed by atoms with E-state index in [1.165, 1.54) is 48.5 Å². The van der Waals surface area contributed by atoms with E-state index >= 15 is 0 Å². The highest BCUT2D eigenvalue weighted by Gasteiger charge is 2.24. The second-order valence-corrected chi connectivity index (χ2v) is 15.9. The van der Waals surface area contributed by atoms with Crippen LogP contribution in [0.3, 0.4) is 0 Å². The van der Waals surface area contributed by atoms with Crippen molar-refractivity contribution in [3.05, 3.63) is 144 Å². The number of hydrogen-bond acceptors (Lipinski definition) is 14. The molecule has 0 saturated heterocycles. The van der Waals surface area contributed by atoms with Crippen LogP contribution in [-0.4, -0.2) is 107 Å². The molecule has 5 heterocycles. The molecule has 0 unspecified atom stereocenters. The molecule has 8 bridgehead atoms. The van der Waals surface area contributed by atoms with Crippen molar-refractivity contribution in [2.75, 3.05) is 0 Å². The summed E-state index contributed by atoms with van der Waals surface area (Å²) < 4.78 is 0. The highest BCUT2D eigenvalue weighted by molar-refractivity contribution is 6.72. The predicted octanol–water partition coefficient (Wildman–Crippen LogP) is -0.185. The molecule has 0 radical (unpaired) electrons. The van der Waals surface area contributed by atoms with Crippen LogP contribution >= 0.6 is 0 Å². The molecule has 9 rings (SSSR count). The number of H-pyrrole nitrogens is 2. The van der Waals surface area contributed by atoms with Crippen LogP contribution in [-0.2, 0) is 0 Å². The summed E-state index contributed by atoms with van der Waals surface area (Å²) in [7, 11) is 0. The van der Waals surface area contributed by atoms with Gasteiger partial charge in [0.05, 0.1) is 22.8 Å². The maximum atomic E-state index is 9.97. The van der Waals surface area contributed by atoms with Gasteiger partial charge in [0.25, 0.3) is 0 Å². The van der Waals surface area contributed by atoms with Crippen LogP contribution < -0.4 is 21.9 Å². The van der Waals surface area contributed by atoms with Crippen molar-refractivity contribution in [2.24, 2.45) is 0 Å². The number of nitrogens with zero attached hydrogens (tertiary/aromatic N) is 2. The van der Waals surface area contributed by atoms with Crippen LogP contribution in [0.4, 0.5) is 0 Å². The van der Waals surface area contributed by atoms with Gasteiger partial charge in [0.15, 0.2) is 0 Å². The minimum absolute atomic E-state index is 0.117. The van der Waals surface area contributed by atoms with E-state index in [0.717, 1.165) is 0 Å². The molecule has 16 nitrogen and oxygen atoms in total. The van der Waals surface area contributed by atoms with Gasteiger partial charge < -0.3 is 70.3 Å². The third-order valence-electron chi connectivity index (χ3n) is 11.3. The minimum Gasteiger partial charge on any atom is -0.556 e. The SMILES string of the molecule is O[B-](O)(O)c1ccc(-c2c3nc(c(-c4ccc([B-](O)(O)O)cc4)c4ccc([nH]4)c(-c4ccc([B-](O)(O)O)cc4)c4nc(c(-c5ccc([B-](O)(O)O)cc5)c5ccc2[nH]5)C=C4)C=C3)cc1. The quantitative estimate of drug-likeness (QED) is 0.0883. The zero-order valence-corrected chi connectivity index (χ0v) is 33.4. The number of benzene rings is 4. The monoisotopic (exact) mass is 858 g/mol. The Labute approximate surface area is 363 Å². The maximum absolute atomic E-state index is 9.97. The van der Waals surface area contributed by atoms with E-state index in [1.54, 1.807) is 72.8 Å². The van der Waals surface area contributed by atoms with Crippen LogP contribution in [0.5, 0.6) is 0 Å². The lowest BCUT2D eigenvalue weighted by Crippen LogP contribution is -2.48. The molecule has 7 aromatic rings. The normalized spacial score (nSPS) is 13.2. The summed E-state index contributed by atoms with van der Waals surface area (Å²) in [6.07, 6.45) is 7.17. The minimum atomic E-state index is -3.79. The zero-order valence-electron chi connectivity index (χ0n) is 33.4. The molecule has 3 aromatic heterocycles. The highest BCUT2D eigenvalue weighted by Crippen LogP contribution is 2.38. The Morgan fingerprint density at radius 1 is 0.266 bits per heavy atom. The summed E-state index contributed by atoms with van der Waals surface area (Å²) >= 11 is 0. The van der Waals surface area contributed by atoms with Crippen LogP contribution in [0, 0.1) is 0 Å². The Morgan fingerprint density at radius 3 is 0.625 bits per heavy atom. The standard InChI is InChI=1S/C44H38B4N4O12/c53-45(54,55)29-9-1-25(2-10-29)41-33-17-19-35(49-33)42(26-3-11-30(12-4-26)46(56,57)58)37-21-23-39(51-37)44(28-7-15-32(16-8-28)48(62,63)64)40-24-22-38(52-40)43(36-20-18-34(41)50-36)27-5-13-31(14-6-27)47(59,60)61/h1-24,49,52-64H/q-4. The van der Waals surface area contributed by atoms with Gasteiger partial charge in [-0.1, -0.05) is 97.1 Å². The lowest BCUT2D eigenvalue weighted by Gasteiger charge is -2.21. The molecule has 2 aliphatic rings. The van der Waals surface area contributed by atoms with E-state index in [9.17, 15) is 60.3 Å². The van der Waals surface area contributed by atoms with Gasteiger partial charge in [0.2, 0.25) is 0 Å². The number of hydrogen-bond donors (Lipinski definition) is 14. The maximum Gasteiger partial charge on any atom is 0.402 e. The van der Waals surface area contributed by atoms with Crippen molar-refractivity contribution in [3.8, 4) is 44.5 Å². The van der Waals surface area contributed by atoms with Crippen molar-refractivity contribution in [1.29, 1.82) is 0 Å². The van der Waals surface area contributed by atoms with Gasteiger partial charge in [-0.3, -0.25) is 0 Å². The summed E-state index contributed by atoms with van der Waals surface area (Å²) in [5.41, 5.74) is 8.17. The first-order chi connectivity index (χ1) is 30.2. The number of aromatic amines is 2. The van der Waals surface area contributed by atoms with Gasteiger partial charge in [-0.05, 0) is 70.8 Å². The Hall–Kier alpha value is -6.74. The fourth-order valence-corrected chi connectivity index (χ4v) is 8.05. The van der Waals surface area contributed by atoms with E-state index in [2.05, 4.69) is 9.97 Å². The molecule has 0 fully saturated rings. The summed E-state index contributed by atoms with van der Waals surface area (Å²) in [6.45, 7) is -15.2. The largest absolute Gasteiger partial charge is 0.556 e. The Bertz CT molecular complexity index is 2760. The summed E-state index contributed by atoms with van der Waals surface area (Å²) in [5, 5.41) is 120. The van der Waals surface area contributed by atoms with E-state index in [4.69, 9.17) is 9.97 Å². The molecule has 64 heavy (non-hydrogen) atoms. The Kier molecular flexibility index (Phi) is 10.3. The molecule has 0 aliphatic carbocycles. The lowest BCUT2D eigenvalue weighted by molar-refractivity contribution is 0.248. The first kappa shape index (κ1) is 42.6. The first-order valence-corrected chi connectivity index (χ1v) is 20.1. The van der Waals surface area contributed by atoms with Gasteiger partial charge in [-0.15, -0.1) is 21.9 Å². The second-order valence-electron chi connectivity index (χ2n) is 15.9. The van der Waals surface area contributed by atoms with E-state index in [-0.39, 0.29) is 21.9 Å². The molecule has 0 saturated carbocycles. The van der Waals surface area contributed by atoms with Crippen molar-refractivity contribution in [1.82, 2.24) is 19.9 Å². The summed E-state index contributed by atoms with van der Waals surface area (Å²) in [5.74, 6) is 0. The van der Waals surface area contributed by atoms with Crippen LogP contribution in [0.2, 0.25) is 0 Å². The molecule has 2 aliphatic heterocycles. The van der Waals surface area contributed by atoms with E-state index in [0.29, 0.717) is 89.4 Å². The number of rotatable bonds is 8. The molecule has 0 atom stereocenters. The summed E-state index contributed by atoms with van der Waals surface area (Å²) in [4.78, 5) is 17.3. The van der Waals surface area contributed by atoms with Crippen molar-refractivity contribution >= 4 is 95.2 Å². The molecule has 20 heteroatoms. The predicted molar refractivity (Wildman–Crippen MR) is 249 cm³/mol. The highest BCUT2D eigenvalue weighted by atomic mass is 16.6. The molecule has 4 aromatic carbocycles. The van der Waals surface area contributed by atoms with Gasteiger partial charge in [0, 0.05) is 44.3 Å². The van der Waals surface area contributed by atoms with Crippen molar-refractivity contribution in [2.45, 2.75) is 0 Å². The molecular weight excluding hydrogens is 820 g/mol. The van der Waals surface area contributed by atoms with E-state index in [1.807, 2.05) is 24.3 Å². The molecule has 0 amide bonds. The molecule has 322 valence electrons.